The third-order valence-electron chi connectivity index (χ3n) is 3.45. The topological polar surface area (TPSA) is 110 Å². The van der Waals surface area contributed by atoms with Crippen molar-refractivity contribution < 1.29 is 23.9 Å². The largest absolute Gasteiger partial charge is 0.461 e. The number of nitrogens with one attached hydrogen (secondary N) is 2. The summed E-state index contributed by atoms with van der Waals surface area (Å²) in [4.78, 5) is 42.7. The number of rotatable bonds is 6. The highest BCUT2D eigenvalue weighted by atomic mass is 35.5. The number of anilines is 1. The molecule has 0 aliphatic rings. The molecule has 26 heavy (non-hydrogen) atoms. The van der Waals surface area contributed by atoms with Crippen LogP contribution in [-0.2, 0) is 14.3 Å². The average molecular weight is 380 g/mol. The zero-order valence-electron chi connectivity index (χ0n) is 14.5. The van der Waals surface area contributed by atoms with Crippen molar-refractivity contribution in [1.29, 1.82) is 0 Å². The molecule has 9 heteroatoms. The van der Waals surface area contributed by atoms with Gasteiger partial charge in [0.2, 0.25) is 0 Å². The second-order valence-corrected chi connectivity index (χ2v) is 5.77. The van der Waals surface area contributed by atoms with Crippen LogP contribution in [0.25, 0.3) is 0 Å². The summed E-state index contributed by atoms with van der Waals surface area (Å²) in [5.74, 6) is -1.54. The lowest BCUT2D eigenvalue weighted by Crippen LogP contribution is -2.21. The second kappa shape index (κ2) is 8.48. The van der Waals surface area contributed by atoms with E-state index in [9.17, 15) is 14.4 Å². The Morgan fingerprint density at radius 2 is 1.92 bits per heavy atom. The molecule has 2 aromatic heterocycles. The molecule has 0 bridgehead atoms. The number of ether oxygens (including phenoxy) is 2. The minimum atomic E-state index is -0.717. The van der Waals surface area contributed by atoms with Crippen LogP contribution in [0.1, 0.15) is 39.0 Å². The predicted octanol–water partition coefficient (Wildman–Crippen LogP) is 2.65. The maximum Gasteiger partial charge on any atom is 0.355 e. The summed E-state index contributed by atoms with van der Waals surface area (Å²) in [6.07, 6.45) is 1.38. The Morgan fingerprint density at radius 3 is 2.54 bits per heavy atom. The SMILES string of the molecule is CCOC(=O)c1[nH]c(C)c(C(=O)OCC(=O)Nc2ccc(Cl)cn2)c1C. The van der Waals surface area contributed by atoms with Crippen LogP contribution < -0.4 is 5.32 Å². The van der Waals surface area contributed by atoms with Crippen LogP contribution in [0.5, 0.6) is 0 Å². The molecule has 2 rings (SSSR count). The monoisotopic (exact) mass is 379 g/mol. The first kappa shape index (κ1) is 19.5. The Kier molecular flexibility index (Phi) is 6.35. The zero-order valence-corrected chi connectivity index (χ0v) is 15.3. The molecule has 0 spiro atoms. The molecule has 0 unspecified atom stereocenters. The van der Waals surface area contributed by atoms with Crippen LogP contribution in [0.2, 0.25) is 5.02 Å². The van der Waals surface area contributed by atoms with Gasteiger partial charge in [-0.2, -0.15) is 0 Å². The molecule has 0 radical (unpaired) electrons. The summed E-state index contributed by atoms with van der Waals surface area (Å²) >= 11 is 5.71. The van der Waals surface area contributed by atoms with Crippen molar-refractivity contribution in [2.45, 2.75) is 20.8 Å². The Hall–Kier alpha value is -2.87. The van der Waals surface area contributed by atoms with Crippen molar-refractivity contribution in [3.05, 3.63) is 45.9 Å². The normalized spacial score (nSPS) is 10.3. The minimum absolute atomic E-state index is 0.186. The third kappa shape index (κ3) is 4.60. The molecule has 0 saturated heterocycles. The molecule has 0 atom stereocenters. The van der Waals surface area contributed by atoms with Crippen LogP contribution in [-0.4, -0.2) is 41.0 Å². The van der Waals surface area contributed by atoms with Gasteiger partial charge in [0.15, 0.2) is 6.61 Å². The third-order valence-corrected chi connectivity index (χ3v) is 3.67. The van der Waals surface area contributed by atoms with E-state index in [1.54, 1.807) is 26.8 Å². The van der Waals surface area contributed by atoms with Crippen molar-refractivity contribution in [3.8, 4) is 0 Å². The number of aromatic amines is 1. The number of halogens is 1. The zero-order chi connectivity index (χ0) is 19.3. The van der Waals surface area contributed by atoms with Crippen molar-refractivity contribution in [3.63, 3.8) is 0 Å². The van der Waals surface area contributed by atoms with E-state index < -0.39 is 24.5 Å². The highest BCUT2D eigenvalue weighted by molar-refractivity contribution is 6.30. The van der Waals surface area contributed by atoms with Crippen LogP contribution in [0.3, 0.4) is 0 Å². The van der Waals surface area contributed by atoms with Gasteiger partial charge in [0.05, 0.1) is 17.2 Å². The van der Waals surface area contributed by atoms with Gasteiger partial charge in [-0.3, -0.25) is 4.79 Å². The first-order valence-electron chi connectivity index (χ1n) is 7.78. The summed E-state index contributed by atoms with van der Waals surface area (Å²) in [5, 5.41) is 2.91. The van der Waals surface area contributed by atoms with Gasteiger partial charge in [-0.25, -0.2) is 14.6 Å². The first-order chi connectivity index (χ1) is 12.3. The van der Waals surface area contributed by atoms with E-state index in [2.05, 4.69) is 15.3 Å². The van der Waals surface area contributed by atoms with Gasteiger partial charge < -0.3 is 19.8 Å². The molecule has 2 heterocycles. The van der Waals surface area contributed by atoms with Gasteiger partial charge in [-0.05, 0) is 38.5 Å². The molecule has 0 aliphatic heterocycles. The lowest BCUT2D eigenvalue weighted by molar-refractivity contribution is -0.119. The van der Waals surface area contributed by atoms with Gasteiger partial charge in [0.1, 0.15) is 11.5 Å². The molecule has 2 N–H and O–H groups in total. The molecule has 1 amide bonds. The number of hydrogen-bond donors (Lipinski definition) is 2. The van der Waals surface area contributed by atoms with E-state index in [0.29, 0.717) is 16.3 Å². The van der Waals surface area contributed by atoms with E-state index in [1.807, 2.05) is 0 Å². The van der Waals surface area contributed by atoms with Gasteiger partial charge >= 0.3 is 11.9 Å². The maximum absolute atomic E-state index is 12.3. The second-order valence-electron chi connectivity index (χ2n) is 5.33. The van der Waals surface area contributed by atoms with Crippen molar-refractivity contribution in [2.75, 3.05) is 18.5 Å². The number of H-pyrrole nitrogens is 1. The van der Waals surface area contributed by atoms with Crippen molar-refractivity contribution in [1.82, 2.24) is 9.97 Å². The molecular formula is C17H18ClN3O5. The van der Waals surface area contributed by atoms with E-state index in [-0.39, 0.29) is 23.7 Å². The lowest BCUT2D eigenvalue weighted by Gasteiger charge is -2.07. The summed E-state index contributed by atoms with van der Waals surface area (Å²) in [5.41, 5.74) is 1.25. The average Bonchev–Trinajstić information content (AvgIpc) is 2.90. The van der Waals surface area contributed by atoms with Crippen LogP contribution in [0.4, 0.5) is 5.82 Å². The Balaban J connectivity index is 2.00. The standard InChI is InChI=1S/C17H18ClN3O5/c1-4-25-17(24)15-9(2)14(10(3)20-15)16(23)26-8-13(22)21-12-6-5-11(18)7-19-12/h5-7,20H,4,8H2,1-3H3,(H,19,21,22). The number of nitrogens with zero attached hydrogens (tertiary/aromatic N) is 1. The lowest BCUT2D eigenvalue weighted by atomic mass is 10.1. The minimum Gasteiger partial charge on any atom is -0.461 e. The molecule has 0 saturated carbocycles. The maximum atomic E-state index is 12.3. The fraction of sp³-hybridized carbons (Fsp3) is 0.294. The summed E-state index contributed by atoms with van der Waals surface area (Å²) in [6, 6.07) is 3.09. The Bertz CT molecular complexity index is 830. The predicted molar refractivity (Wildman–Crippen MR) is 94.4 cm³/mol. The number of esters is 2. The van der Waals surface area contributed by atoms with Gasteiger partial charge in [0, 0.05) is 11.9 Å². The molecule has 0 aromatic carbocycles. The van der Waals surface area contributed by atoms with E-state index in [4.69, 9.17) is 21.1 Å². The fourth-order valence-electron chi connectivity index (χ4n) is 2.30. The van der Waals surface area contributed by atoms with Crippen molar-refractivity contribution in [2.24, 2.45) is 0 Å². The van der Waals surface area contributed by atoms with Gasteiger partial charge in [-0.1, -0.05) is 11.6 Å². The molecular weight excluding hydrogens is 362 g/mol. The number of carbonyl (C=O) groups excluding carboxylic acids is 3. The van der Waals surface area contributed by atoms with Crippen LogP contribution >= 0.6 is 11.6 Å². The molecule has 8 nitrogen and oxygen atoms in total. The van der Waals surface area contributed by atoms with Crippen molar-refractivity contribution >= 4 is 35.3 Å². The summed E-state index contributed by atoms with van der Waals surface area (Å²) < 4.78 is 9.95. The van der Waals surface area contributed by atoms with E-state index in [1.165, 1.54) is 12.3 Å². The molecule has 138 valence electrons. The summed E-state index contributed by atoms with van der Waals surface area (Å²) in [7, 11) is 0. The number of aryl methyl sites for hydroxylation is 1. The highest BCUT2D eigenvalue weighted by Gasteiger charge is 2.24. The number of carbonyl (C=O) groups is 3. The molecule has 0 aliphatic carbocycles. The van der Waals surface area contributed by atoms with E-state index >= 15 is 0 Å². The Labute approximate surface area is 154 Å². The Morgan fingerprint density at radius 1 is 1.19 bits per heavy atom. The van der Waals surface area contributed by atoms with Gasteiger partial charge in [0.25, 0.3) is 5.91 Å². The number of hydrogen-bond acceptors (Lipinski definition) is 6. The highest BCUT2D eigenvalue weighted by Crippen LogP contribution is 2.20. The molecule has 0 fully saturated rings. The summed E-state index contributed by atoms with van der Waals surface area (Å²) in [6.45, 7) is 4.64. The van der Waals surface area contributed by atoms with E-state index in [0.717, 1.165) is 0 Å². The number of pyridine rings is 1. The smallest absolute Gasteiger partial charge is 0.355 e. The fourth-order valence-corrected chi connectivity index (χ4v) is 2.41. The number of amides is 1. The quantitative estimate of drug-likeness (QED) is 0.746. The van der Waals surface area contributed by atoms with Crippen LogP contribution in [0.15, 0.2) is 18.3 Å². The number of aromatic nitrogens is 2. The van der Waals surface area contributed by atoms with Crippen LogP contribution in [0, 0.1) is 13.8 Å². The van der Waals surface area contributed by atoms with Gasteiger partial charge in [-0.15, -0.1) is 0 Å². The molecule has 2 aromatic rings. The first-order valence-corrected chi connectivity index (χ1v) is 8.16.